The Kier molecular flexibility index (Phi) is 7.31. The van der Waals surface area contributed by atoms with Gasteiger partial charge in [0.25, 0.3) is 0 Å². The Bertz CT molecular complexity index is 1120. The molecule has 0 bridgehead atoms. The zero-order chi connectivity index (χ0) is 23.9. The maximum atomic E-state index is 12.6. The second-order valence-corrected chi connectivity index (χ2v) is 7.51. The lowest BCUT2D eigenvalue weighted by atomic mass is 10.1. The maximum Gasteiger partial charge on any atom is 0.340 e. The first-order valence-corrected chi connectivity index (χ1v) is 10.6. The topological polar surface area (TPSA) is 108 Å². The number of benzene rings is 3. The quantitative estimate of drug-likeness (QED) is 0.422. The Labute approximate surface area is 195 Å². The molecule has 2 unspecified atom stereocenters. The maximum absolute atomic E-state index is 12.6. The predicted octanol–water partition coefficient (Wildman–Crippen LogP) is 3.01. The van der Waals surface area contributed by atoms with Crippen molar-refractivity contribution in [3.63, 3.8) is 0 Å². The molecule has 3 aromatic carbocycles. The van der Waals surface area contributed by atoms with Gasteiger partial charge in [0.1, 0.15) is 12.7 Å². The number of hydrogen-bond acceptors (Lipinski definition) is 8. The second-order valence-electron chi connectivity index (χ2n) is 7.51. The number of rotatable bonds is 7. The molecule has 1 fully saturated rings. The molecule has 8 heteroatoms. The van der Waals surface area contributed by atoms with Crippen LogP contribution in [-0.4, -0.2) is 54.2 Å². The van der Waals surface area contributed by atoms with Crippen molar-refractivity contribution in [3.05, 3.63) is 108 Å². The van der Waals surface area contributed by atoms with Crippen LogP contribution in [0.5, 0.6) is 0 Å². The summed E-state index contributed by atoms with van der Waals surface area (Å²) in [6, 6.07) is 24.7. The van der Waals surface area contributed by atoms with Crippen LogP contribution in [-0.2, 0) is 18.9 Å². The number of ether oxygens (including phenoxy) is 4. The normalized spacial score (nSPS) is 21.4. The zero-order valence-electron chi connectivity index (χ0n) is 18.0. The summed E-state index contributed by atoms with van der Waals surface area (Å²) in [5.74, 6) is -2.04. The number of hydrogen-bond donors (Lipinski definition) is 1. The van der Waals surface area contributed by atoms with Crippen LogP contribution >= 0.6 is 0 Å². The Morgan fingerprint density at radius 2 is 1.12 bits per heavy atom. The molecular weight excluding hydrogens is 440 g/mol. The highest BCUT2D eigenvalue weighted by Crippen LogP contribution is 2.27. The van der Waals surface area contributed by atoms with Gasteiger partial charge in [0.05, 0.1) is 16.7 Å². The first-order valence-electron chi connectivity index (χ1n) is 10.6. The fourth-order valence-electron chi connectivity index (χ4n) is 3.41. The average molecular weight is 462 g/mol. The Hall–Kier alpha value is -4.01. The highest BCUT2D eigenvalue weighted by atomic mass is 16.7. The van der Waals surface area contributed by atoms with Crippen LogP contribution in [0.2, 0.25) is 0 Å². The van der Waals surface area contributed by atoms with Crippen molar-refractivity contribution < 1.29 is 38.4 Å². The summed E-state index contributed by atoms with van der Waals surface area (Å²) in [4.78, 5) is 37.4. The van der Waals surface area contributed by atoms with Crippen molar-refractivity contribution >= 4 is 17.9 Å². The third-order valence-corrected chi connectivity index (χ3v) is 5.16. The molecule has 0 aromatic heterocycles. The van der Waals surface area contributed by atoms with E-state index in [2.05, 4.69) is 0 Å². The molecule has 4 atom stereocenters. The predicted molar refractivity (Wildman–Crippen MR) is 119 cm³/mol. The number of aliphatic hydroxyl groups is 1. The molecule has 1 aliphatic rings. The first kappa shape index (κ1) is 23.2. The van der Waals surface area contributed by atoms with E-state index in [1.807, 2.05) is 0 Å². The van der Waals surface area contributed by atoms with Gasteiger partial charge in [-0.15, -0.1) is 0 Å². The summed E-state index contributed by atoms with van der Waals surface area (Å²) in [7, 11) is 0. The summed E-state index contributed by atoms with van der Waals surface area (Å²) in [5.41, 5.74) is 0.848. The van der Waals surface area contributed by atoms with Gasteiger partial charge in [0.15, 0.2) is 12.2 Å². The van der Waals surface area contributed by atoms with E-state index in [9.17, 15) is 19.5 Å². The average Bonchev–Trinajstić information content (AvgIpc) is 3.17. The molecule has 1 saturated heterocycles. The molecule has 174 valence electrons. The molecule has 34 heavy (non-hydrogen) atoms. The van der Waals surface area contributed by atoms with E-state index in [0.29, 0.717) is 5.56 Å². The lowest BCUT2D eigenvalue weighted by Crippen LogP contribution is -2.40. The minimum atomic E-state index is -1.50. The van der Waals surface area contributed by atoms with Crippen molar-refractivity contribution in [2.24, 2.45) is 0 Å². The third kappa shape index (κ3) is 5.48. The van der Waals surface area contributed by atoms with E-state index < -0.39 is 42.5 Å². The van der Waals surface area contributed by atoms with Gasteiger partial charge < -0.3 is 24.1 Å². The summed E-state index contributed by atoms with van der Waals surface area (Å²) in [5, 5.41) is 10.8. The van der Waals surface area contributed by atoms with Gasteiger partial charge in [-0.3, -0.25) is 0 Å². The Morgan fingerprint density at radius 1 is 0.676 bits per heavy atom. The fraction of sp³-hybridized carbons (Fsp3) is 0.192. The van der Waals surface area contributed by atoms with Crippen molar-refractivity contribution in [2.45, 2.75) is 24.6 Å². The molecule has 4 rings (SSSR count). The monoisotopic (exact) mass is 462 g/mol. The molecule has 0 aliphatic carbocycles. The number of aliphatic hydroxyl groups excluding tert-OH is 1. The summed E-state index contributed by atoms with van der Waals surface area (Å²) in [6.07, 6.45) is -5.24. The van der Waals surface area contributed by atoms with E-state index in [1.54, 1.807) is 91.0 Å². The Balaban J connectivity index is 1.47. The van der Waals surface area contributed by atoms with Crippen molar-refractivity contribution in [1.82, 2.24) is 0 Å². The SMILES string of the molecule is O=C(OC[C@H]1O[C@H](OC(=O)c2ccccc2)C(O)C1OC(=O)c1ccccc1)c1ccccc1. The van der Waals surface area contributed by atoms with Crippen LogP contribution in [0.3, 0.4) is 0 Å². The lowest BCUT2D eigenvalue weighted by molar-refractivity contribution is -0.139. The van der Waals surface area contributed by atoms with Crippen molar-refractivity contribution in [3.8, 4) is 0 Å². The van der Waals surface area contributed by atoms with Gasteiger partial charge in [0.2, 0.25) is 6.29 Å². The van der Waals surface area contributed by atoms with Crippen LogP contribution < -0.4 is 0 Å². The van der Waals surface area contributed by atoms with E-state index >= 15 is 0 Å². The standard InChI is InChI=1S/C26H22O8/c27-21-22(33-24(29)18-12-6-2-7-13-18)20(16-31-23(28)17-10-4-1-5-11-17)32-26(21)34-25(30)19-14-8-3-9-15-19/h1-15,20-22,26-27H,16H2/t20-,21?,22?,26-/m1/s1. The molecule has 1 aliphatic heterocycles. The molecule has 0 spiro atoms. The minimum Gasteiger partial charge on any atom is -0.459 e. The molecule has 8 nitrogen and oxygen atoms in total. The lowest BCUT2D eigenvalue weighted by Gasteiger charge is -2.20. The molecule has 0 radical (unpaired) electrons. The van der Waals surface area contributed by atoms with E-state index in [-0.39, 0.29) is 17.7 Å². The molecule has 3 aromatic rings. The second kappa shape index (κ2) is 10.7. The largest absolute Gasteiger partial charge is 0.459 e. The number of esters is 3. The van der Waals surface area contributed by atoms with Gasteiger partial charge in [0, 0.05) is 0 Å². The van der Waals surface area contributed by atoms with Gasteiger partial charge in [-0.1, -0.05) is 54.6 Å². The van der Waals surface area contributed by atoms with Crippen LogP contribution in [0.4, 0.5) is 0 Å². The van der Waals surface area contributed by atoms with Gasteiger partial charge in [-0.25, -0.2) is 14.4 Å². The fourth-order valence-corrected chi connectivity index (χ4v) is 3.41. The zero-order valence-corrected chi connectivity index (χ0v) is 18.0. The van der Waals surface area contributed by atoms with Crippen molar-refractivity contribution in [1.29, 1.82) is 0 Å². The van der Waals surface area contributed by atoms with Crippen LogP contribution in [0.15, 0.2) is 91.0 Å². The smallest absolute Gasteiger partial charge is 0.340 e. The van der Waals surface area contributed by atoms with Crippen LogP contribution in [0.1, 0.15) is 31.1 Å². The van der Waals surface area contributed by atoms with Crippen molar-refractivity contribution in [2.75, 3.05) is 6.61 Å². The van der Waals surface area contributed by atoms with Crippen LogP contribution in [0.25, 0.3) is 0 Å². The molecule has 1 heterocycles. The molecule has 0 saturated carbocycles. The van der Waals surface area contributed by atoms with Gasteiger partial charge >= 0.3 is 17.9 Å². The third-order valence-electron chi connectivity index (χ3n) is 5.16. The van der Waals surface area contributed by atoms with Gasteiger partial charge in [-0.05, 0) is 36.4 Å². The Morgan fingerprint density at radius 3 is 1.62 bits per heavy atom. The van der Waals surface area contributed by atoms with Crippen LogP contribution in [0, 0.1) is 0 Å². The summed E-state index contributed by atoms with van der Waals surface area (Å²) >= 11 is 0. The highest BCUT2D eigenvalue weighted by Gasteiger charge is 2.49. The van der Waals surface area contributed by atoms with E-state index in [1.165, 1.54) is 0 Å². The highest BCUT2D eigenvalue weighted by molar-refractivity contribution is 5.90. The van der Waals surface area contributed by atoms with E-state index in [4.69, 9.17) is 18.9 Å². The summed E-state index contributed by atoms with van der Waals surface area (Å²) < 4.78 is 21.8. The first-order chi connectivity index (χ1) is 16.5. The molecule has 0 amide bonds. The minimum absolute atomic E-state index is 0.259. The summed E-state index contributed by atoms with van der Waals surface area (Å²) in [6.45, 7) is -0.336. The molecular formula is C26H22O8. The molecule has 1 N–H and O–H groups in total. The number of carbonyl (C=O) groups is 3. The number of carbonyl (C=O) groups excluding carboxylic acids is 3. The van der Waals surface area contributed by atoms with E-state index in [0.717, 1.165) is 0 Å². The van der Waals surface area contributed by atoms with Gasteiger partial charge in [-0.2, -0.15) is 0 Å².